The molecule has 3 nitrogen and oxygen atoms in total. The first-order valence-electron chi connectivity index (χ1n) is 5.86. The van der Waals surface area contributed by atoms with Crippen molar-refractivity contribution in [2.24, 2.45) is 0 Å². The Bertz CT molecular complexity index is 605. The second-order valence-electron chi connectivity index (χ2n) is 4.59. The topological polar surface area (TPSA) is 29.9 Å². The number of benzene rings is 1. The molecular formula is C13H14F3N3. The van der Waals surface area contributed by atoms with Gasteiger partial charge in [0.25, 0.3) is 0 Å². The number of aromatic nitrogens is 2. The lowest BCUT2D eigenvalue weighted by Crippen LogP contribution is -2.14. The molecule has 0 atom stereocenters. The monoisotopic (exact) mass is 269 g/mol. The molecule has 1 aromatic heterocycles. The summed E-state index contributed by atoms with van der Waals surface area (Å²) in [6.07, 6.45) is 1.56. The second kappa shape index (κ2) is 4.95. The van der Waals surface area contributed by atoms with E-state index >= 15 is 0 Å². The van der Waals surface area contributed by atoms with E-state index in [0.29, 0.717) is 17.7 Å². The van der Waals surface area contributed by atoms with Crippen LogP contribution in [0.4, 0.5) is 19.1 Å². The van der Waals surface area contributed by atoms with Crippen LogP contribution in [0.1, 0.15) is 19.5 Å². The van der Waals surface area contributed by atoms with E-state index in [1.54, 1.807) is 13.1 Å². The van der Waals surface area contributed by atoms with Gasteiger partial charge in [0.05, 0.1) is 11.4 Å². The van der Waals surface area contributed by atoms with Crippen LogP contribution in [0.2, 0.25) is 0 Å². The molecule has 0 saturated heterocycles. The highest BCUT2D eigenvalue weighted by molar-refractivity contribution is 5.44. The maximum absolute atomic E-state index is 13.8. The highest BCUT2D eigenvalue weighted by atomic mass is 19.2. The Hall–Kier alpha value is -1.98. The van der Waals surface area contributed by atoms with Crippen LogP contribution >= 0.6 is 0 Å². The molecule has 1 N–H and O–H groups in total. The maximum atomic E-state index is 13.8. The Balaban J connectivity index is 2.55. The van der Waals surface area contributed by atoms with Gasteiger partial charge in [-0.3, -0.25) is 4.57 Å². The summed E-state index contributed by atoms with van der Waals surface area (Å²) in [5.74, 6) is -2.77. The van der Waals surface area contributed by atoms with E-state index in [0.717, 1.165) is 6.07 Å². The van der Waals surface area contributed by atoms with Gasteiger partial charge in [-0.15, -0.1) is 0 Å². The molecule has 0 aliphatic heterocycles. The molecule has 0 aliphatic carbocycles. The van der Waals surface area contributed by atoms with Crippen LogP contribution in [-0.4, -0.2) is 15.6 Å². The number of nitrogens with one attached hydrogen (secondary N) is 1. The summed E-state index contributed by atoms with van der Waals surface area (Å²) in [6, 6.07) is 1.42. The van der Waals surface area contributed by atoms with E-state index in [1.807, 2.05) is 13.8 Å². The van der Waals surface area contributed by atoms with Crippen LogP contribution in [-0.2, 0) is 0 Å². The number of rotatable bonds is 3. The molecule has 6 heteroatoms. The Morgan fingerprint density at radius 2 is 1.74 bits per heavy atom. The minimum atomic E-state index is -1.21. The van der Waals surface area contributed by atoms with Gasteiger partial charge in [-0.25, -0.2) is 18.2 Å². The van der Waals surface area contributed by atoms with E-state index in [9.17, 15) is 13.2 Å². The molecule has 1 aromatic carbocycles. The lowest BCUT2D eigenvalue weighted by Gasteiger charge is -2.13. The first kappa shape index (κ1) is 13.5. The Morgan fingerprint density at radius 3 is 2.37 bits per heavy atom. The minimum Gasteiger partial charge on any atom is -0.353 e. The quantitative estimate of drug-likeness (QED) is 0.865. The Kier molecular flexibility index (Phi) is 3.50. The highest BCUT2D eigenvalue weighted by Crippen LogP contribution is 2.22. The van der Waals surface area contributed by atoms with Crippen molar-refractivity contribution in [3.8, 4) is 5.69 Å². The average molecular weight is 269 g/mol. The zero-order valence-corrected chi connectivity index (χ0v) is 10.8. The number of nitrogens with zero attached hydrogens (tertiary/aromatic N) is 2. The lowest BCUT2D eigenvalue weighted by molar-refractivity contribution is 0.493. The van der Waals surface area contributed by atoms with Gasteiger partial charge >= 0.3 is 0 Å². The van der Waals surface area contributed by atoms with Crippen LogP contribution in [0.3, 0.4) is 0 Å². The number of anilines is 1. The lowest BCUT2D eigenvalue weighted by atomic mass is 10.2. The van der Waals surface area contributed by atoms with Crippen molar-refractivity contribution in [2.45, 2.75) is 26.8 Å². The summed E-state index contributed by atoms with van der Waals surface area (Å²) in [5.41, 5.74) is 0.565. The zero-order valence-electron chi connectivity index (χ0n) is 10.8. The molecular weight excluding hydrogens is 255 g/mol. The number of imidazole rings is 1. The van der Waals surface area contributed by atoms with Gasteiger partial charge in [-0.05, 0) is 20.8 Å². The molecule has 0 aliphatic rings. The van der Waals surface area contributed by atoms with Gasteiger partial charge in [-0.1, -0.05) is 0 Å². The summed E-state index contributed by atoms with van der Waals surface area (Å²) < 4.78 is 41.3. The Labute approximate surface area is 109 Å². The normalized spacial score (nSPS) is 11.1. The van der Waals surface area contributed by atoms with Crippen LogP contribution in [0.15, 0.2) is 18.3 Å². The maximum Gasteiger partial charge on any atom is 0.208 e. The van der Waals surface area contributed by atoms with Crippen molar-refractivity contribution in [1.29, 1.82) is 0 Å². The van der Waals surface area contributed by atoms with Gasteiger partial charge in [-0.2, -0.15) is 0 Å². The van der Waals surface area contributed by atoms with E-state index < -0.39 is 17.5 Å². The Morgan fingerprint density at radius 1 is 1.11 bits per heavy atom. The SMILES string of the molecule is Cc1cn(-c2cc(F)c(F)cc2F)c(NC(C)C)n1. The zero-order chi connectivity index (χ0) is 14.2. The molecule has 0 fully saturated rings. The molecule has 19 heavy (non-hydrogen) atoms. The molecule has 0 bridgehead atoms. The molecule has 0 radical (unpaired) electrons. The van der Waals surface area contributed by atoms with Gasteiger partial charge in [0.2, 0.25) is 5.95 Å². The number of aryl methyl sites for hydroxylation is 1. The van der Waals surface area contributed by atoms with Gasteiger partial charge in [0.15, 0.2) is 11.6 Å². The third-order valence-electron chi connectivity index (χ3n) is 2.49. The van der Waals surface area contributed by atoms with E-state index in [4.69, 9.17) is 0 Å². The largest absolute Gasteiger partial charge is 0.353 e. The fourth-order valence-electron chi connectivity index (χ4n) is 1.74. The van der Waals surface area contributed by atoms with Crippen molar-refractivity contribution in [1.82, 2.24) is 9.55 Å². The third-order valence-corrected chi connectivity index (χ3v) is 2.49. The van der Waals surface area contributed by atoms with Crippen molar-refractivity contribution in [3.63, 3.8) is 0 Å². The smallest absolute Gasteiger partial charge is 0.208 e. The molecule has 2 rings (SSSR count). The molecule has 102 valence electrons. The van der Waals surface area contributed by atoms with Gasteiger partial charge < -0.3 is 5.32 Å². The molecule has 1 heterocycles. The highest BCUT2D eigenvalue weighted by Gasteiger charge is 2.15. The van der Waals surface area contributed by atoms with Crippen molar-refractivity contribution in [3.05, 3.63) is 41.5 Å². The minimum absolute atomic E-state index is 0.0777. The number of hydrogen-bond acceptors (Lipinski definition) is 2. The summed E-state index contributed by atoms with van der Waals surface area (Å²) in [4.78, 5) is 4.19. The van der Waals surface area contributed by atoms with Crippen molar-refractivity contribution >= 4 is 5.95 Å². The van der Waals surface area contributed by atoms with Crippen molar-refractivity contribution in [2.75, 3.05) is 5.32 Å². The van der Waals surface area contributed by atoms with Crippen LogP contribution < -0.4 is 5.32 Å². The molecule has 0 unspecified atom stereocenters. The molecule has 0 amide bonds. The average Bonchev–Trinajstić information content (AvgIpc) is 2.63. The van der Waals surface area contributed by atoms with Crippen molar-refractivity contribution < 1.29 is 13.2 Å². The summed E-state index contributed by atoms with van der Waals surface area (Å²) in [7, 11) is 0. The van der Waals surface area contributed by atoms with E-state index in [-0.39, 0.29) is 11.7 Å². The van der Waals surface area contributed by atoms with Gasteiger partial charge in [0.1, 0.15) is 5.82 Å². The van der Waals surface area contributed by atoms with Crippen LogP contribution in [0.25, 0.3) is 5.69 Å². The first-order chi connectivity index (χ1) is 8.88. The molecule has 2 aromatic rings. The molecule has 0 spiro atoms. The predicted molar refractivity (Wildman–Crippen MR) is 66.9 cm³/mol. The number of hydrogen-bond donors (Lipinski definition) is 1. The first-order valence-corrected chi connectivity index (χ1v) is 5.86. The summed E-state index contributed by atoms with van der Waals surface area (Å²) in [6.45, 7) is 5.53. The van der Waals surface area contributed by atoms with Gasteiger partial charge in [0, 0.05) is 24.4 Å². The summed E-state index contributed by atoms with van der Waals surface area (Å²) >= 11 is 0. The fourth-order valence-corrected chi connectivity index (χ4v) is 1.74. The van der Waals surface area contributed by atoms with E-state index in [2.05, 4.69) is 10.3 Å². The standard InChI is InChI=1S/C13H14F3N3/c1-7(2)17-13-18-8(3)6-19(13)12-5-10(15)9(14)4-11(12)16/h4-7H,1-3H3,(H,17,18). The van der Waals surface area contributed by atoms with E-state index in [1.165, 1.54) is 4.57 Å². The fraction of sp³-hybridized carbons (Fsp3) is 0.308. The molecule has 0 saturated carbocycles. The summed E-state index contributed by atoms with van der Waals surface area (Å²) in [5, 5.41) is 3.02. The predicted octanol–water partition coefficient (Wildman–Crippen LogP) is 3.42. The van der Waals surface area contributed by atoms with Crippen LogP contribution in [0.5, 0.6) is 0 Å². The van der Waals surface area contributed by atoms with Crippen LogP contribution in [0, 0.1) is 24.4 Å². The number of halogens is 3. The third kappa shape index (κ3) is 2.72. The second-order valence-corrected chi connectivity index (χ2v) is 4.59.